The van der Waals surface area contributed by atoms with Crippen molar-refractivity contribution in [2.45, 2.75) is 23.8 Å². The van der Waals surface area contributed by atoms with Crippen LogP contribution in [0, 0.1) is 0 Å². The van der Waals surface area contributed by atoms with Crippen LogP contribution in [0.2, 0.25) is 0 Å². The van der Waals surface area contributed by atoms with Crippen molar-refractivity contribution in [1.29, 1.82) is 0 Å². The molecule has 1 heterocycles. The van der Waals surface area contributed by atoms with Crippen LogP contribution < -0.4 is 0 Å². The van der Waals surface area contributed by atoms with Gasteiger partial charge in [0.25, 0.3) is 0 Å². The quantitative estimate of drug-likeness (QED) is 0.431. The molecule has 0 spiro atoms. The maximum absolute atomic E-state index is 11.6. The molecule has 1 atom stereocenters. The first-order valence-electron chi connectivity index (χ1n) is 4.32. The minimum absolute atomic E-state index is 0.183. The molecule has 0 aromatic heterocycles. The first-order valence-corrected chi connectivity index (χ1v) is 5.57. The second kappa shape index (κ2) is 4.30. The summed E-state index contributed by atoms with van der Waals surface area (Å²) in [7, 11) is 1.87. The monoisotopic (exact) mass is 282 g/mol. The van der Waals surface area contributed by atoms with E-state index in [0.717, 1.165) is 25.9 Å². The second-order valence-corrected chi connectivity index (χ2v) is 4.53. The van der Waals surface area contributed by atoms with E-state index in [2.05, 4.69) is 29.5 Å². The molecule has 0 N–H and O–H groups in total. The van der Waals surface area contributed by atoms with Gasteiger partial charge >= 0.3 is 6.03 Å². The minimum Gasteiger partial charge on any atom is -0.328 e. The van der Waals surface area contributed by atoms with Crippen molar-refractivity contribution in [2.75, 3.05) is 20.1 Å². The van der Waals surface area contributed by atoms with Crippen LogP contribution in [0.15, 0.2) is 0 Å². The lowest BCUT2D eigenvalue weighted by Gasteiger charge is -2.36. The molecule has 4 heteroatoms. The SMILES string of the molecule is CCC(I)N1CCCN(C)C1=O. The van der Waals surface area contributed by atoms with Gasteiger partial charge in [0.05, 0.1) is 4.05 Å². The van der Waals surface area contributed by atoms with Gasteiger partial charge in [-0.25, -0.2) is 4.79 Å². The zero-order chi connectivity index (χ0) is 9.14. The predicted molar refractivity (Wildman–Crippen MR) is 57.4 cm³/mol. The fourth-order valence-electron chi connectivity index (χ4n) is 1.37. The number of carbonyl (C=O) groups excluding carboxylic acids is 1. The van der Waals surface area contributed by atoms with E-state index >= 15 is 0 Å². The lowest BCUT2D eigenvalue weighted by atomic mass is 10.3. The number of amides is 2. The van der Waals surface area contributed by atoms with E-state index in [1.807, 2.05) is 11.9 Å². The van der Waals surface area contributed by atoms with Gasteiger partial charge in [0.15, 0.2) is 0 Å². The standard InChI is InChI=1S/C8H15IN2O/c1-3-7(9)11-6-4-5-10(2)8(11)12/h7H,3-6H2,1-2H3. The number of hydrogen-bond acceptors (Lipinski definition) is 1. The Labute approximate surface area is 87.2 Å². The molecule has 0 saturated carbocycles. The normalized spacial score (nSPS) is 21.4. The molecule has 0 aromatic rings. The first-order chi connectivity index (χ1) is 5.66. The third-order valence-corrected chi connectivity index (χ3v) is 3.69. The van der Waals surface area contributed by atoms with E-state index in [9.17, 15) is 4.79 Å². The van der Waals surface area contributed by atoms with Crippen LogP contribution in [0.25, 0.3) is 0 Å². The lowest BCUT2D eigenvalue weighted by molar-refractivity contribution is 0.138. The molecular formula is C8H15IN2O. The van der Waals surface area contributed by atoms with Crippen LogP contribution >= 0.6 is 22.6 Å². The van der Waals surface area contributed by atoms with Gasteiger partial charge in [-0.2, -0.15) is 0 Å². The molecule has 1 unspecified atom stereocenters. The number of alkyl halides is 1. The van der Waals surface area contributed by atoms with E-state index in [-0.39, 0.29) is 6.03 Å². The summed E-state index contributed by atoms with van der Waals surface area (Å²) < 4.78 is 0.359. The molecular weight excluding hydrogens is 267 g/mol. The van der Waals surface area contributed by atoms with Crippen LogP contribution in [0.3, 0.4) is 0 Å². The van der Waals surface area contributed by atoms with E-state index < -0.39 is 0 Å². The molecule has 0 bridgehead atoms. The highest BCUT2D eigenvalue weighted by Gasteiger charge is 2.26. The maximum Gasteiger partial charge on any atom is 0.320 e. The van der Waals surface area contributed by atoms with Gasteiger partial charge in [-0.05, 0) is 12.8 Å². The molecule has 12 heavy (non-hydrogen) atoms. The zero-order valence-electron chi connectivity index (χ0n) is 7.59. The second-order valence-electron chi connectivity index (χ2n) is 3.09. The molecule has 0 radical (unpaired) electrons. The van der Waals surface area contributed by atoms with Gasteiger partial charge in [-0.3, -0.25) is 0 Å². The van der Waals surface area contributed by atoms with Crippen molar-refractivity contribution in [3.05, 3.63) is 0 Å². The smallest absolute Gasteiger partial charge is 0.320 e. The molecule has 1 aliphatic rings. The number of hydrogen-bond donors (Lipinski definition) is 0. The highest BCUT2D eigenvalue weighted by molar-refractivity contribution is 14.1. The topological polar surface area (TPSA) is 23.6 Å². The number of carbonyl (C=O) groups is 1. The van der Waals surface area contributed by atoms with Gasteiger partial charge < -0.3 is 9.80 Å². The van der Waals surface area contributed by atoms with Gasteiger partial charge in [0.1, 0.15) is 0 Å². The van der Waals surface area contributed by atoms with Crippen LogP contribution in [0.1, 0.15) is 19.8 Å². The van der Waals surface area contributed by atoms with E-state index in [4.69, 9.17) is 0 Å². The summed E-state index contributed by atoms with van der Waals surface area (Å²) >= 11 is 2.33. The fraction of sp³-hybridized carbons (Fsp3) is 0.875. The van der Waals surface area contributed by atoms with Gasteiger partial charge in [-0.1, -0.05) is 29.5 Å². The van der Waals surface area contributed by atoms with Crippen LogP contribution in [0.5, 0.6) is 0 Å². The molecule has 1 aliphatic heterocycles. The molecule has 1 fully saturated rings. The minimum atomic E-state index is 0.183. The largest absolute Gasteiger partial charge is 0.328 e. The average molecular weight is 282 g/mol. The summed E-state index contributed by atoms with van der Waals surface area (Å²) in [5.41, 5.74) is 0. The Bertz CT molecular complexity index is 174. The van der Waals surface area contributed by atoms with Gasteiger partial charge in [-0.15, -0.1) is 0 Å². The first kappa shape index (κ1) is 10.1. The Balaban J connectivity index is 2.57. The van der Waals surface area contributed by atoms with Crippen LogP contribution in [0.4, 0.5) is 4.79 Å². The van der Waals surface area contributed by atoms with Crippen molar-refractivity contribution < 1.29 is 4.79 Å². The van der Waals surface area contributed by atoms with Crippen molar-refractivity contribution in [3.8, 4) is 0 Å². The van der Waals surface area contributed by atoms with Crippen LogP contribution in [-0.4, -0.2) is 40.0 Å². The Hall–Kier alpha value is 0. The lowest BCUT2D eigenvalue weighted by Crippen LogP contribution is -2.49. The Morgan fingerprint density at radius 2 is 2.25 bits per heavy atom. The van der Waals surface area contributed by atoms with Crippen molar-refractivity contribution in [1.82, 2.24) is 9.80 Å². The average Bonchev–Trinajstić information content (AvgIpc) is 2.08. The summed E-state index contributed by atoms with van der Waals surface area (Å²) in [5, 5.41) is 0. The molecule has 1 rings (SSSR count). The van der Waals surface area contributed by atoms with Crippen LogP contribution in [-0.2, 0) is 0 Å². The third kappa shape index (κ3) is 2.02. The van der Waals surface area contributed by atoms with Crippen molar-refractivity contribution >= 4 is 28.6 Å². The number of halogens is 1. The van der Waals surface area contributed by atoms with Crippen molar-refractivity contribution in [2.24, 2.45) is 0 Å². The highest BCUT2D eigenvalue weighted by atomic mass is 127. The molecule has 0 aromatic carbocycles. The summed E-state index contributed by atoms with van der Waals surface area (Å²) in [5.74, 6) is 0. The van der Waals surface area contributed by atoms with Gasteiger partial charge in [0, 0.05) is 20.1 Å². The molecule has 1 saturated heterocycles. The number of rotatable bonds is 2. The number of urea groups is 1. The van der Waals surface area contributed by atoms with E-state index in [1.165, 1.54) is 0 Å². The van der Waals surface area contributed by atoms with E-state index in [1.54, 1.807) is 4.90 Å². The summed E-state index contributed by atoms with van der Waals surface area (Å²) in [6.45, 7) is 3.94. The predicted octanol–water partition coefficient (Wildman–Crippen LogP) is 1.92. The molecule has 3 nitrogen and oxygen atoms in total. The maximum atomic E-state index is 11.6. The zero-order valence-corrected chi connectivity index (χ0v) is 9.74. The summed E-state index contributed by atoms with van der Waals surface area (Å²) in [4.78, 5) is 15.3. The molecule has 0 aliphatic carbocycles. The van der Waals surface area contributed by atoms with Crippen molar-refractivity contribution in [3.63, 3.8) is 0 Å². The summed E-state index contributed by atoms with van der Waals surface area (Å²) in [6.07, 6.45) is 2.13. The molecule has 70 valence electrons. The molecule has 2 amide bonds. The Morgan fingerprint density at radius 3 is 2.83 bits per heavy atom. The Kier molecular flexibility index (Phi) is 3.61. The highest BCUT2D eigenvalue weighted by Crippen LogP contribution is 2.17. The Morgan fingerprint density at radius 1 is 1.58 bits per heavy atom. The fourth-order valence-corrected chi connectivity index (χ4v) is 1.89. The van der Waals surface area contributed by atoms with Gasteiger partial charge in [0.2, 0.25) is 0 Å². The number of nitrogens with zero attached hydrogens (tertiary/aromatic N) is 2. The summed E-state index contributed by atoms with van der Waals surface area (Å²) in [6, 6.07) is 0.183. The van der Waals surface area contributed by atoms with E-state index in [0.29, 0.717) is 4.05 Å². The third-order valence-electron chi connectivity index (χ3n) is 2.14.